The molecule has 1 rings (SSSR count). The Hall–Kier alpha value is -2.37. The number of aromatic carboxylic acids is 2. The van der Waals surface area contributed by atoms with Gasteiger partial charge in [0.15, 0.2) is 0 Å². The van der Waals surface area contributed by atoms with Gasteiger partial charge in [-0.3, -0.25) is 4.79 Å². The van der Waals surface area contributed by atoms with Gasteiger partial charge >= 0.3 is 11.9 Å². The Morgan fingerprint density at radius 1 is 0.576 bits per heavy atom. The summed E-state index contributed by atoms with van der Waals surface area (Å²) >= 11 is 0. The third-order valence-corrected chi connectivity index (χ3v) is 6.00. The number of carbonyl (C=O) groups excluding carboxylic acids is 1. The van der Waals surface area contributed by atoms with Crippen molar-refractivity contribution in [1.82, 2.24) is 5.32 Å². The van der Waals surface area contributed by atoms with Gasteiger partial charge in [0, 0.05) is 12.1 Å². The van der Waals surface area contributed by atoms with E-state index < -0.39 is 17.8 Å². The third-order valence-electron chi connectivity index (χ3n) is 6.00. The highest BCUT2D eigenvalue weighted by atomic mass is 16.4. The Balaban J connectivity index is 2.03. The van der Waals surface area contributed by atoms with E-state index >= 15 is 0 Å². The average molecular weight is 462 g/mol. The van der Waals surface area contributed by atoms with Crippen LogP contribution in [-0.2, 0) is 0 Å². The van der Waals surface area contributed by atoms with E-state index in [4.69, 9.17) is 10.2 Å². The minimum absolute atomic E-state index is 0.0591. The molecule has 0 aliphatic rings. The van der Waals surface area contributed by atoms with Crippen molar-refractivity contribution in [2.75, 3.05) is 6.54 Å². The molecule has 186 valence electrons. The van der Waals surface area contributed by atoms with Crippen LogP contribution in [0, 0.1) is 0 Å². The number of hydrogen-bond acceptors (Lipinski definition) is 3. The first kappa shape index (κ1) is 28.7. The summed E-state index contributed by atoms with van der Waals surface area (Å²) in [5.41, 5.74) is -0.353. The zero-order valence-electron chi connectivity index (χ0n) is 20.4. The first-order valence-electron chi connectivity index (χ1n) is 12.9. The molecule has 0 aromatic heterocycles. The average Bonchev–Trinajstić information content (AvgIpc) is 2.80. The van der Waals surface area contributed by atoms with Crippen LogP contribution in [0.3, 0.4) is 0 Å². The molecule has 0 heterocycles. The summed E-state index contributed by atoms with van der Waals surface area (Å²) in [6.45, 7) is 2.75. The lowest BCUT2D eigenvalue weighted by Gasteiger charge is -2.07. The Bertz CT molecular complexity index is 684. The van der Waals surface area contributed by atoms with E-state index in [0.717, 1.165) is 25.3 Å². The summed E-state index contributed by atoms with van der Waals surface area (Å²) in [5.74, 6) is -2.96. The summed E-state index contributed by atoms with van der Waals surface area (Å²) in [7, 11) is 0. The number of carboxylic acid groups (broad SMARTS) is 2. The van der Waals surface area contributed by atoms with E-state index in [1.54, 1.807) is 0 Å². The van der Waals surface area contributed by atoms with Crippen LogP contribution in [0.5, 0.6) is 0 Å². The molecule has 0 unspecified atom stereocenters. The smallest absolute Gasteiger partial charge is 0.335 e. The monoisotopic (exact) mass is 461 g/mol. The van der Waals surface area contributed by atoms with Gasteiger partial charge in [-0.15, -0.1) is 0 Å². The number of amides is 1. The second-order valence-corrected chi connectivity index (χ2v) is 8.97. The first-order valence-corrected chi connectivity index (χ1v) is 12.9. The molecule has 6 nitrogen and oxygen atoms in total. The standard InChI is InChI=1S/C27H43NO5/c1-2-3-4-5-6-7-8-9-10-11-12-13-14-15-16-17-18-28-25(29)22-19-23(26(30)31)21-24(20-22)27(32)33/h19-21H,2-18H2,1H3,(H,28,29)(H,30,31)(H,32,33). The molecular formula is C27H43NO5. The van der Waals surface area contributed by atoms with E-state index in [2.05, 4.69) is 12.2 Å². The van der Waals surface area contributed by atoms with Gasteiger partial charge in [-0.1, -0.05) is 103 Å². The fraction of sp³-hybridized carbons (Fsp3) is 0.667. The van der Waals surface area contributed by atoms with Crippen LogP contribution in [-0.4, -0.2) is 34.6 Å². The lowest BCUT2D eigenvalue weighted by atomic mass is 10.0. The van der Waals surface area contributed by atoms with Crippen molar-refractivity contribution in [2.24, 2.45) is 0 Å². The van der Waals surface area contributed by atoms with E-state index in [1.807, 2.05) is 0 Å². The van der Waals surface area contributed by atoms with Crippen molar-refractivity contribution < 1.29 is 24.6 Å². The normalized spacial score (nSPS) is 10.8. The highest BCUT2D eigenvalue weighted by Crippen LogP contribution is 2.14. The molecule has 0 radical (unpaired) electrons. The van der Waals surface area contributed by atoms with Crippen LogP contribution < -0.4 is 5.32 Å². The Kier molecular flexibility index (Phi) is 15.7. The van der Waals surface area contributed by atoms with Gasteiger partial charge in [0.1, 0.15) is 0 Å². The molecule has 1 amide bonds. The van der Waals surface area contributed by atoms with Crippen LogP contribution >= 0.6 is 0 Å². The molecule has 33 heavy (non-hydrogen) atoms. The maximum atomic E-state index is 12.3. The summed E-state index contributed by atoms with van der Waals surface area (Å²) in [6.07, 6.45) is 20.6. The van der Waals surface area contributed by atoms with Crippen LogP contribution in [0.25, 0.3) is 0 Å². The Morgan fingerprint density at radius 2 is 0.909 bits per heavy atom. The Morgan fingerprint density at radius 3 is 1.27 bits per heavy atom. The van der Waals surface area contributed by atoms with Crippen molar-refractivity contribution in [3.8, 4) is 0 Å². The molecule has 1 aromatic carbocycles. The largest absolute Gasteiger partial charge is 0.478 e. The topological polar surface area (TPSA) is 104 Å². The van der Waals surface area contributed by atoms with Crippen LogP contribution in [0.15, 0.2) is 18.2 Å². The highest BCUT2D eigenvalue weighted by Gasteiger charge is 2.15. The molecule has 0 aliphatic carbocycles. The number of benzene rings is 1. The molecule has 3 N–H and O–H groups in total. The van der Waals surface area contributed by atoms with Gasteiger partial charge in [-0.05, 0) is 24.6 Å². The molecule has 0 saturated heterocycles. The van der Waals surface area contributed by atoms with E-state index in [9.17, 15) is 14.4 Å². The minimum atomic E-state index is -1.26. The fourth-order valence-electron chi connectivity index (χ4n) is 3.98. The number of unbranched alkanes of at least 4 members (excludes halogenated alkanes) is 15. The van der Waals surface area contributed by atoms with Crippen LogP contribution in [0.1, 0.15) is 141 Å². The van der Waals surface area contributed by atoms with Crippen LogP contribution in [0.2, 0.25) is 0 Å². The van der Waals surface area contributed by atoms with Crippen molar-refractivity contribution in [1.29, 1.82) is 0 Å². The summed E-state index contributed by atoms with van der Waals surface area (Å²) < 4.78 is 0. The number of carbonyl (C=O) groups is 3. The van der Waals surface area contributed by atoms with E-state index in [-0.39, 0.29) is 16.7 Å². The van der Waals surface area contributed by atoms with Gasteiger partial charge in [-0.2, -0.15) is 0 Å². The second-order valence-electron chi connectivity index (χ2n) is 8.97. The zero-order valence-corrected chi connectivity index (χ0v) is 20.4. The molecule has 1 aromatic rings. The lowest BCUT2D eigenvalue weighted by molar-refractivity contribution is 0.0696. The van der Waals surface area contributed by atoms with Gasteiger partial charge in [0.2, 0.25) is 0 Å². The number of hydrogen-bond donors (Lipinski definition) is 3. The predicted molar refractivity (Wildman–Crippen MR) is 132 cm³/mol. The van der Waals surface area contributed by atoms with E-state index in [1.165, 1.54) is 95.6 Å². The third kappa shape index (κ3) is 13.7. The molecule has 0 aliphatic heterocycles. The number of carboxylic acids is 2. The molecule has 0 saturated carbocycles. The molecule has 0 bridgehead atoms. The minimum Gasteiger partial charge on any atom is -0.478 e. The van der Waals surface area contributed by atoms with Crippen molar-refractivity contribution in [2.45, 2.75) is 110 Å². The fourth-order valence-corrected chi connectivity index (χ4v) is 3.98. The van der Waals surface area contributed by atoms with Gasteiger partial charge in [0.25, 0.3) is 5.91 Å². The van der Waals surface area contributed by atoms with Crippen LogP contribution in [0.4, 0.5) is 0 Å². The SMILES string of the molecule is CCCCCCCCCCCCCCCCCCNC(=O)c1cc(C(=O)O)cc(C(=O)O)c1. The van der Waals surface area contributed by atoms with Crippen molar-refractivity contribution in [3.63, 3.8) is 0 Å². The van der Waals surface area contributed by atoms with Gasteiger partial charge in [0.05, 0.1) is 11.1 Å². The number of rotatable bonds is 20. The van der Waals surface area contributed by atoms with Crippen molar-refractivity contribution >= 4 is 17.8 Å². The maximum absolute atomic E-state index is 12.3. The van der Waals surface area contributed by atoms with E-state index in [0.29, 0.717) is 6.54 Å². The Labute approximate surface area is 199 Å². The second kappa shape index (κ2) is 18.1. The zero-order chi connectivity index (χ0) is 24.3. The molecular weight excluding hydrogens is 418 g/mol. The molecule has 0 atom stereocenters. The first-order chi connectivity index (χ1) is 16.0. The highest BCUT2D eigenvalue weighted by molar-refractivity contribution is 6.01. The summed E-state index contributed by atoms with van der Waals surface area (Å²) in [5, 5.41) is 21.0. The number of nitrogens with one attached hydrogen (secondary N) is 1. The predicted octanol–water partition coefficient (Wildman–Crippen LogP) is 7.07. The molecule has 0 fully saturated rings. The van der Waals surface area contributed by atoms with Crippen molar-refractivity contribution in [3.05, 3.63) is 34.9 Å². The molecule has 6 heteroatoms. The van der Waals surface area contributed by atoms with Gasteiger partial charge < -0.3 is 15.5 Å². The molecule has 0 spiro atoms. The van der Waals surface area contributed by atoms with Gasteiger partial charge in [-0.25, -0.2) is 9.59 Å². The summed E-state index contributed by atoms with van der Waals surface area (Å²) in [4.78, 5) is 34.6. The lowest BCUT2D eigenvalue weighted by Crippen LogP contribution is -2.25. The quantitative estimate of drug-likeness (QED) is 0.180. The maximum Gasteiger partial charge on any atom is 0.335 e. The summed E-state index contributed by atoms with van der Waals surface area (Å²) in [6, 6.07) is 3.46.